The standard InChI is InChI=1S/C18H18F2N2O2S/c1-12-7-9-14(10-8-12)25(23,24)22-16(17(19)20)11-21-18(22)15-6-4-3-5-13(15)2/h3-10,16-17H,11H2,1-2H3. The van der Waals surface area contributed by atoms with E-state index in [1.165, 1.54) is 12.1 Å². The molecule has 0 fully saturated rings. The molecule has 2 aromatic carbocycles. The smallest absolute Gasteiger partial charge is 0.265 e. The van der Waals surface area contributed by atoms with Gasteiger partial charge in [0.2, 0.25) is 0 Å². The summed E-state index contributed by atoms with van der Waals surface area (Å²) >= 11 is 0. The molecule has 1 aliphatic heterocycles. The molecule has 0 amide bonds. The molecular formula is C18H18F2N2O2S. The van der Waals surface area contributed by atoms with Gasteiger partial charge in [0, 0.05) is 5.56 Å². The molecule has 1 heterocycles. The Morgan fingerprint density at radius 3 is 2.32 bits per heavy atom. The van der Waals surface area contributed by atoms with Crippen LogP contribution in [0.3, 0.4) is 0 Å². The molecule has 25 heavy (non-hydrogen) atoms. The number of rotatable bonds is 4. The van der Waals surface area contributed by atoms with Crippen molar-refractivity contribution in [2.24, 2.45) is 4.99 Å². The van der Waals surface area contributed by atoms with Crippen molar-refractivity contribution in [1.82, 2.24) is 4.31 Å². The van der Waals surface area contributed by atoms with Gasteiger partial charge in [0.05, 0.1) is 11.4 Å². The van der Waals surface area contributed by atoms with E-state index in [2.05, 4.69) is 4.99 Å². The van der Waals surface area contributed by atoms with Gasteiger partial charge >= 0.3 is 0 Å². The number of alkyl halides is 2. The van der Waals surface area contributed by atoms with Gasteiger partial charge in [-0.2, -0.15) is 0 Å². The summed E-state index contributed by atoms with van der Waals surface area (Å²) in [6, 6.07) is 11.7. The van der Waals surface area contributed by atoms with Gasteiger partial charge in [-0.3, -0.25) is 4.99 Å². The zero-order valence-corrected chi connectivity index (χ0v) is 14.7. The first-order chi connectivity index (χ1) is 11.8. The van der Waals surface area contributed by atoms with Crippen LogP contribution in [0.4, 0.5) is 8.78 Å². The third-order valence-corrected chi connectivity index (χ3v) is 6.02. The highest BCUT2D eigenvalue weighted by Crippen LogP contribution is 2.29. The molecule has 0 spiro atoms. The topological polar surface area (TPSA) is 49.7 Å². The van der Waals surface area contributed by atoms with Crippen LogP contribution in [0.2, 0.25) is 0 Å². The monoisotopic (exact) mass is 364 g/mol. The van der Waals surface area contributed by atoms with Crippen LogP contribution in [0.1, 0.15) is 16.7 Å². The molecule has 132 valence electrons. The number of nitrogens with zero attached hydrogens (tertiary/aromatic N) is 2. The second kappa shape index (κ2) is 6.55. The molecule has 7 heteroatoms. The number of aryl methyl sites for hydroxylation is 2. The molecule has 0 saturated heterocycles. The van der Waals surface area contributed by atoms with E-state index in [4.69, 9.17) is 0 Å². The molecule has 4 nitrogen and oxygen atoms in total. The summed E-state index contributed by atoms with van der Waals surface area (Å²) in [5.41, 5.74) is 2.21. The Morgan fingerprint density at radius 2 is 1.72 bits per heavy atom. The number of hydrogen-bond acceptors (Lipinski definition) is 3. The van der Waals surface area contributed by atoms with Crippen LogP contribution in [0.15, 0.2) is 58.4 Å². The molecule has 1 aliphatic rings. The third kappa shape index (κ3) is 3.16. The average Bonchev–Trinajstić information content (AvgIpc) is 3.01. The van der Waals surface area contributed by atoms with Crippen molar-refractivity contribution in [1.29, 1.82) is 0 Å². The van der Waals surface area contributed by atoms with Crippen LogP contribution < -0.4 is 0 Å². The molecule has 3 rings (SSSR count). The van der Waals surface area contributed by atoms with Gasteiger partial charge in [-0.25, -0.2) is 21.5 Å². The van der Waals surface area contributed by atoms with Crippen molar-refractivity contribution in [2.45, 2.75) is 31.2 Å². The Balaban J connectivity index is 2.12. The van der Waals surface area contributed by atoms with E-state index in [0.29, 0.717) is 5.56 Å². The van der Waals surface area contributed by atoms with E-state index in [0.717, 1.165) is 15.4 Å². The zero-order chi connectivity index (χ0) is 18.2. The van der Waals surface area contributed by atoms with Crippen LogP contribution in [0.5, 0.6) is 0 Å². The lowest BCUT2D eigenvalue weighted by Crippen LogP contribution is -2.45. The number of hydrogen-bond donors (Lipinski definition) is 0. The largest absolute Gasteiger partial charge is 0.266 e. The summed E-state index contributed by atoms with van der Waals surface area (Å²) in [7, 11) is -4.14. The molecule has 0 aromatic heterocycles. The summed E-state index contributed by atoms with van der Waals surface area (Å²) in [5, 5.41) is 0. The second-order valence-electron chi connectivity index (χ2n) is 5.99. The van der Waals surface area contributed by atoms with E-state index in [9.17, 15) is 17.2 Å². The molecule has 0 aliphatic carbocycles. The summed E-state index contributed by atoms with van der Waals surface area (Å²) in [4.78, 5) is 4.12. The van der Waals surface area contributed by atoms with Crippen LogP contribution in [-0.2, 0) is 10.0 Å². The minimum Gasteiger partial charge on any atom is -0.265 e. The maximum atomic E-state index is 13.5. The lowest BCUT2D eigenvalue weighted by Gasteiger charge is -2.27. The van der Waals surface area contributed by atoms with Gasteiger partial charge in [0.1, 0.15) is 11.9 Å². The fourth-order valence-corrected chi connectivity index (χ4v) is 4.41. The zero-order valence-electron chi connectivity index (χ0n) is 13.9. The highest BCUT2D eigenvalue weighted by Gasteiger charge is 2.43. The van der Waals surface area contributed by atoms with Crippen LogP contribution >= 0.6 is 0 Å². The fourth-order valence-electron chi connectivity index (χ4n) is 2.81. The van der Waals surface area contributed by atoms with Gasteiger partial charge in [0.25, 0.3) is 16.4 Å². The van der Waals surface area contributed by atoms with E-state index >= 15 is 0 Å². The average molecular weight is 364 g/mol. The highest BCUT2D eigenvalue weighted by atomic mass is 32.2. The predicted octanol–water partition coefficient (Wildman–Crippen LogP) is 3.39. The first-order valence-corrected chi connectivity index (χ1v) is 9.26. The maximum absolute atomic E-state index is 13.5. The van der Waals surface area contributed by atoms with Gasteiger partial charge < -0.3 is 0 Å². The van der Waals surface area contributed by atoms with E-state index < -0.39 is 22.5 Å². The Hall–Kier alpha value is -2.28. The molecule has 1 unspecified atom stereocenters. The Labute approximate surface area is 145 Å². The van der Waals surface area contributed by atoms with E-state index in [1.807, 2.05) is 6.92 Å². The Kier molecular flexibility index (Phi) is 4.60. The van der Waals surface area contributed by atoms with Crippen molar-refractivity contribution in [3.05, 3.63) is 65.2 Å². The second-order valence-corrected chi connectivity index (χ2v) is 7.81. The fraction of sp³-hybridized carbons (Fsp3) is 0.278. The first kappa shape index (κ1) is 17.5. The van der Waals surface area contributed by atoms with Crippen molar-refractivity contribution in [3.8, 4) is 0 Å². The predicted molar refractivity (Wildman–Crippen MR) is 92.6 cm³/mol. The summed E-state index contributed by atoms with van der Waals surface area (Å²) in [6.45, 7) is 3.37. The van der Waals surface area contributed by atoms with E-state index in [-0.39, 0.29) is 17.3 Å². The SMILES string of the molecule is Cc1ccc(S(=O)(=O)N2C(c3ccccc3C)=NCC2C(F)F)cc1. The van der Waals surface area contributed by atoms with Gasteiger partial charge in [-0.05, 0) is 31.5 Å². The molecule has 0 N–H and O–H groups in total. The van der Waals surface area contributed by atoms with Crippen molar-refractivity contribution in [2.75, 3.05) is 6.54 Å². The summed E-state index contributed by atoms with van der Waals surface area (Å²) < 4.78 is 53.9. The van der Waals surface area contributed by atoms with Crippen molar-refractivity contribution in [3.63, 3.8) is 0 Å². The lowest BCUT2D eigenvalue weighted by molar-refractivity contribution is 0.0917. The molecule has 2 aromatic rings. The first-order valence-electron chi connectivity index (χ1n) is 7.82. The van der Waals surface area contributed by atoms with Crippen LogP contribution in [0, 0.1) is 13.8 Å². The maximum Gasteiger partial charge on any atom is 0.266 e. The normalized spacial score (nSPS) is 17.9. The number of halogens is 2. The van der Waals surface area contributed by atoms with Crippen LogP contribution in [-0.4, -0.2) is 37.6 Å². The molecule has 0 saturated carbocycles. The Bertz CT molecular complexity index is 909. The molecule has 0 radical (unpaired) electrons. The van der Waals surface area contributed by atoms with Gasteiger partial charge in [0.15, 0.2) is 0 Å². The lowest BCUT2D eigenvalue weighted by atomic mass is 10.1. The summed E-state index contributed by atoms with van der Waals surface area (Å²) in [6.07, 6.45) is -2.83. The van der Waals surface area contributed by atoms with Gasteiger partial charge in [-0.1, -0.05) is 42.0 Å². The van der Waals surface area contributed by atoms with Gasteiger partial charge in [-0.15, -0.1) is 0 Å². The van der Waals surface area contributed by atoms with Crippen molar-refractivity contribution < 1.29 is 17.2 Å². The number of sulfonamides is 1. The molecule has 0 bridgehead atoms. The number of benzene rings is 2. The Morgan fingerprint density at radius 1 is 1.08 bits per heavy atom. The van der Waals surface area contributed by atoms with E-state index in [1.54, 1.807) is 43.3 Å². The van der Waals surface area contributed by atoms with Crippen molar-refractivity contribution >= 4 is 15.9 Å². The minimum atomic E-state index is -4.14. The van der Waals surface area contributed by atoms with Crippen LogP contribution in [0.25, 0.3) is 0 Å². The third-order valence-electron chi connectivity index (χ3n) is 4.19. The minimum absolute atomic E-state index is 0.0214. The molecule has 1 atom stereocenters. The number of amidine groups is 1. The number of aliphatic imine (C=N–C) groups is 1. The molecular weight excluding hydrogens is 346 g/mol. The summed E-state index contributed by atoms with van der Waals surface area (Å²) in [5.74, 6) is 0.0731. The highest BCUT2D eigenvalue weighted by molar-refractivity contribution is 7.89. The quantitative estimate of drug-likeness (QED) is 0.835.